The van der Waals surface area contributed by atoms with Crippen LogP contribution in [0.2, 0.25) is 5.02 Å². The second-order valence-corrected chi connectivity index (χ2v) is 8.92. The Balaban J connectivity index is 1.53. The third kappa shape index (κ3) is 6.34. The lowest BCUT2D eigenvalue weighted by molar-refractivity contribution is 0.178. The summed E-state index contributed by atoms with van der Waals surface area (Å²) in [6.07, 6.45) is 7.37. The maximum Gasteiger partial charge on any atom is 0.244 e. The first-order chi connectivity index (χ1) is 15.6. The van der Waals surface area contributed by atoms with Crippen LogP contribution in [0.4, 0.5) is 23.5 Å². The third-order valence-corrected chi connectivity index (χ3v) is 6.29. The minimum Gasteiger partial charge on any atom is -0.495 e. The van der Waals surface area contributed by atoms with E-state index in [-0.39, 0.29) is 0 Å². The Labute approximate surface area is 194 Å². The molecule has 1 aromatic heterocycles. The van der Waals surface area contributed by atoms with Crippen LogP contribution in [0, 0.1) is 0 Å². The highest BCUT2D eigenvalue weighted by Crippen LogP contribution is 2.29. The van der Waals surface area contributed by atoms with E-state index in [0.29, 0.717) is 34.7 Å². The molecule has 1 saturated carbocycles. The Morgan fingerprint density at radius 3 is 2.31 bits per heavy atom. The molecule has 0 bridgehead atoms. The largest absolute Gasteiger partial charge is 0.495 e. The van der Waals surface area contributed by atoms with Gasteiger partial charge in [-0.3, -0.25) is 5.43 Å². The smallest absolute Gasteiger partial charge is 0.244 e. The summed E-state index contributed by atoms with van der Waals surface area (Å²) in [4.78, 5) is 16.2. The summed E-state index contributed by atoms with van der Waals surface area (Å²) in [5.41, 5.74) is 4.15. The summed E-state index contributed by atoms with van der Waals surface area (Å²) in [5.74, 6) is 2.21. The van der Waals surface area contributed by atoms with Crippen molar-refractivity contribution in [1.29, 1.82) is 0 Å². The van der Waals surface area contributed by atoms with Gasteiger partial charge in [0.1, 0.15) is 5.75 Å². The van der Waals surface area contributed by atoms with Crippen LogP contribution < -0.4 is 20.8 Å². The molecular formula is C22H33ClN8O. The zero-order valence-corrected chi connectivity index (χ0v) is 19.7. The number of aromatic nitrogens is 3. The molecule has 32 heavy (non-hydrogen) atoms. The molecule has 0 atom stereocenters. The van der Waals surface area contributed by atoms with Gasteiger partial charge in [-0.25, -0.2) is 5.01 Å². The fourth-order valence-electron chi connectivity index (χ4n) is 4.09. The van der Waals surface area contributed by atoms with Crippen molar-refractivity contribution in [3.05, 3.63) is 23.2 Å². The molecule has 9 nitrogen and oxygen atoms in total. The van der Waals surface area contributed by atoms with E-state index in [2.05, 4.69) is 48.0 Å². The van der Waals surface area contributed by atoms with Gasteiger partial charge in [-0.05, 0) is 38.1 Å². The molecule has 174 valence electrons. The Kier molecular flexibility index (Phi) is 7.83. The molecular weight excluding hydrogens is 428 g/mol. The number of nitrogens with zero attached hydrogens (tertiary/aromatic N) is 5. The number of hydrazine groups is 1. The molecule has 1 aliphatic heterocycles. The number of methoxy groups -OCH3 is 1. The number of nitrogens with one attached hydrogen (secondary N) is 3. The van der Waals surface area contributed by atoms with Crippen molar-refractivity contribution in [2.75, 3.05) is 56.4 Å². The fraction of sp³-hybridized carbons (Fsp3) is 0.591. The number of piperazine rings is 1. The Morgan fingerprint density at radius 2 is 1.62 bits per heavy atom. The number of ether oxygens (including phenoxy) is 1. The molecule has 0 unspecified atom stereocenters. The van der Waals surface area contributed by atoms with Gasteiger partial charge in [-0.2, -0.15) is 15.0 Å². The number of likely N-dealkylation sites (N-methyl/N-ethyl adjacent to an activating group) is 1. The predicted octanol–water partition coefficient (Wildman–Crippen LogP) is 3.99. The van der Waals surface area contributed by atoms with Crippen molar-refractivity contribution < 1.29 is 4.74 Å². The van der Waals surface area contributed by atoms with Crippen molar-refractivity contribution in [1.82, 2.24) is 24.9 Å². The summed E-state index contributed by atoms with van der Waals surface area (Å²) in [7, 11) is 3.74. The first kappa shape index (κ1) is 22.8. The Hall–Kier alpha value is -2.36. The molecule has 10 heteroatoms. The van der Waals surface area contributed by atoms with E-state index in [1.165, 1.54) is 25.7 Å². The fourth-order valence-corrected chi connectivity index (χ4v) is 4.34. The van der Waals surface area contributed by atoms with Gasteiger partial charge in [-0.15, -0.1) is 0 Å². The average Bonchev–Trinajstić information content (AvgIpc) is 3.04. The molecule has 0 amide bonds. The standard InChI is InChI=1S/C22H33ClN8O/c1-30-11-13-31(14-12-30)29-22-27-20(24-16-7-5-3-4-6-8-16)26-21(28-22)25-17-9-10-19(32-2)18(23)15-17/h9-10,15-16H,3-8,11-14H2,1-2H3,(H3,24,25,26,27,28,29). The highest BCUT2D eigenvalue weighted by atomic mass is 35.5. The van der Waals surface area contributed by atoms with Gasteiger partial charge in [0.05, 0.1) is 12.1 Å². The first-order valence-corrected chi connectivity index (χ1v) is 11.8. The molecule has 3 N–H and O–H groups in total. The number of hydrogen-bond donors (Lipinski definition) is 3. The van der Waals surface area contributed by atoms with Gasteiger partial charge in [0, 0.05) is 37.9 Å². The van der Waals surface area contributed by atoms with Crippen molar-refractivity contribution in [2.24, 2.45) is 0 Å². The molecule has 2 fully saturated rings. The van der Waals surface area contributed by atoms with E-state index in [0.717, 1.165) is 44.7 Å². The minimum absolute atomic E-state index is 0.389. The summed E-state index contributed by atoms with van der Waals surface area (Å²) in [6, 6.07) is 5.90. The van der Waals surface area contributed by atoms with Gasteiger partial charge < -0.3 is 20.3 Å². The normalized spacial score (nSPS) is 18.7. The van der Waals surface area contributed by atoms with Crippen LogP contribution in [0.1, 0.15) is 38.5 Å². The van der Waals surface area contributed by atoms with Crippen molar-refractivity contribution >= 4 is 35.1 Å². The van der Waals surface area contributed by atoms with E-state index >= 15 is 0 Å². The number of hydrogen-bond acceptors (Lipinski definition) is 9. The van der Waals surface area contributed by atoms with Gasteiger partial charge in [-0.1, -0.05) is 37.3 Å². The second-order valence-electron chi connectivity index (χ2n) is 8.52. The quantitative estimate of drug-likeness (QED) is 0.530. The predicted molar refractivity (Wildman–Crippen MR) is 129 cm³/mol. The number of anilines is 4. The lowest BCUT2D eigenvalue weighted by atomic mass is 10.1. The molecule has 2 aliphatic rings. The zero-order valence-electron chi connectivity index (χ0n) is 18.9. The second kappa shape index (κ2) is 11.0. The third-order valence-electron chi connectivity index (χ3n) is 5.99. The van der Waals surface area contributed by atoms with Crippen molar-refractivity contribution in [3.8, 4) is 5.75 Å². The molecule has 1 saturated heterocycles. The van der Waals surface area contributed by atoms with Crippen LogP contribution in [-0.2, 0) is 0 Å². The number of halogens is 1. The van der Waals surface area contributed by atoms with Crippen LogP contribution in [0.5, 0.6) is 5.75 Å². The van der Waals surface area contributed by atoms with E-state index in [1.807, 2.05) is 12.1 Å². The lowest BCUT2D eigenvalue weighted by Gasteiger charge is -2.32. The van der Waals surface area contributed by atoms with Gasteiger partial charge in [0.25, 0.3) is 0 Å². The van der Waals surface area contributed by atoms with E-state index in [1.54, 1.807) is 13.2 Å². The van der Waals surface area contributed by atoms with Crippen molar-refractivity contribution in [2.45, 2.75) is 44.6 Å². The topological polar surface area (TPSA) is 90.5 Å². The minimum atomic E-state index is 0.389. The van der Waals surface area contributed by atoms with Gasteiger partial charge in [0.15, 0.2) is 0 Å². The molecule has 4 rings (SSSR count). The SMILES string of the molecule is COc1ccc(Nc2nc(NC3CCCCCC3)nc(NN3CCN(C)CC3)n2)cc1Cl. The number of rotatable bonds is 7. The van der Waals surface area contributed by atoms with E-state index in [9.17, 15) is 0 Å². The maximum absolute atomic E-state index is 6.29. The van der Waals surface area contributed by atoms with Crippen LogP contribution in [0.25, 0.3) is 0 Å². The summed E-state index contributed by atoms with van der Waals surface area (Å²) < 4.78 is 5.25. The van der Waals surface area contributed by atoms with Crippen LogP contribution >= 0.6 is 11.6 Å². The molecule has 1 aliphatic carbocycles. The van der Waals surface area contributed by atoms with Gasteiger partial charge >= 0.3 is 0 Å². The Morgan fingerprint density at radius 1 is 0.938 bits per heavy atom. The molecule has 2 aromatic rings. The first-order valence-electron chi connectivity index (χ1n) is 11.4. The lowest BCUT2D eigenvalue weighted by Crippen LogP contribution is -2.47. The van der Waals surface area contributed by atoms with Crippen LogP contribution in [0.15, 0.2) is 18.2 Å². The Bertz CT molecular complexity index is 882. The van der Waals surface area contributed by atoms with E-state index < -0.39 is 0 Å². The van der Waals surface area contributed by atoms with Crippen LogP contribution in [-0.4, -0.2) is 71.2 Å². The number of benzene rings is 1. The van der Waals surface area contributed by atoms with E-state index in [4.69, 9.17) is 16.3 Å². The van der Waals surface area contributed by atoms with Crippen molar-refractivity contribution in [3.63, 3.8) is 0 Å². The average molecular weight is 461 g/mol. The molecule has 1 aromatic carbocycles. The summed E-state index contributed by atoms with van der Waals surface area (Å²) in [5, 5.41) is 9.49. The summed E-state index contributed by atoms with van der Waals surface area (Å²) >= 11 is 6.29. The van der Waals surface area contributed by atoms with Crippen LogP contribution in [0.3, 0.4) is 0 Å². The molecule has 0 radical (unpaired) electrons. The highest BCUT2D eigenvalue weighted by Gasteiger charge is 2.18. The maximum atomic E-state index is 6.29. The molecule has 2 heterocycles. The monoisotopic (exact) mass is 460 g/mol. The highest BCUT2D eigenvalue weighted by molar-refractivity contribution is 6.32. The summed E-state index contributed by atoms with van der Waals surface area (Å²) in [6.45, 7) is 3.82. The zero-order chi connectivity index (χ0) is 22.3. The van der Waals surface area contributed by atoms with Gasteiger partial charge in [0.2, 0.25) is 17.8 Å². The molecule has 0 spiro atoms.